The van der Waals surface area contributed by atoms with Crippen molar-refractivity contribution in [1.82, 2.24) is 9.88 Å². The molecule has 3 rings (SSSR count). The molecule has 0 fully saturated rings. The summed E-state index contributed by atoms with van der Waals surface area (Å²) >= 11 is 5.94. The maximum absolute atomic E-state index is 5.94. The van der Waals surface area contributed by atoms with Crippen LogP contribution in [0.2, 0.25) is 5.15 Å². The van der Waals surface area contributed by atoms with Gasteiger partial charge in [0.2, 0.25) is 0 Å². The number of pyridine rings is 1. The fraction of sp³-hybridized carbons (Fsp3) is 0.167. The summed E-state index contributed by atoms with van der Waals surface area (Å²) in [4.78, 5) is 6.30. The highest BCUT2D eigenvalue weighted by Crippen LogP contribution is 2.20. The smallest absolute Gasteiger partial charge is 0.129 e. The van der Waals surface area contributed by atoms with Gasteiger partial charge in [-0.15, -0.1) is 0 Å². The predicted molar refractivity (Wildman–Crippen MR) is 88.4 cm³/mol. The monoisotopic (exact) mass is 296 g/mol. The lowest BCUT2D eigenvalue weighted by atomic mass is 10.0. The van der Waals surface area contributed by atoms with Crippen LogP contribution in [0.25, 0.3) is 10.8 Å². The van der Waals surface area contributed by atoms with Gasteiger partial charge in [0.1, 0.15) is 5.15 Å². The molecule has 3 heteroatoms. The van der Waals surface area contributed by atoms with E-state index in [0.29, 0.717) is 5.15 Å². The predicted octanol–water partition coefficient (Wildman–Crippen LogP) is 4.52. The van der Waals surface area contributed by atoms with Crippen molar-refractivity contribution in [3.05, 3.63) is 77.1 Å². The first-order valence-electron chi connectivity index (χ1n) is 6.98. The minimum absolute atomic E-state index is 0.547. The maximum Gasteiger partial charge on any atom is 0.129 e. The largest absolute Gasteiger partial charge is 0.298 e. The van der Waals surface area contributed by atoms with Crippen molar-refractivity contribution in [3.63, 3.8) is 0 Å². The summed E-state index contributed by atoms with van der Waals surface area (Å²) in [6.07, 6.45) is 1.75. The third-order valence-electron chi connectivity index (χ3n) is 3.56. The second-order valence-electron chi connectivity index (χ2n) is 5.30. The molecule has 2 aromatic carbocycles. The van der Waals surface area contributed by atoms with Gasteiger partial charge in [-0.2, -0.15) is 0 Å². The number of fused-ring (bicyclic) bond motifs is 1. The molecule has 0 aliphatic carbocycles. The van der Waals surface area contributed by atoms with E-state index in [0.717, 1.165) is 13.1 Å². The Hall–Kier alpha value is -1.90. The van der Waals surface area contributed by atoms with E-state index in [2.05, 4.69) is 59.4 Å². The van der Waals surface area contributed by atoms with Crippen LogP contribution in [0.3, 0.4) is 0 Å². The SMILES string of the molecule is CN(Cc1ccnc(Cl)c1)Cc1cccc2ccccc12. The van der Waals surface area contributed by atoms with Crippen LogP contribution in [0.5, 0.6) is 0 Å². The summed E-state index contributed by atoms with van der Waals surface area (Å²) in [5.41, 5.74) is 2.52. The van der Waals surface area contributed by atoms with Gasteiger partial charge in [-0.05, 0) is 41.1 Å². The highest BCUT2D eigenvalue weighted by atomic mass is 35.5. The summed E-state index contributed by atoms with van der Waals surface area (Å²) in [6.45, 7) is 1.76. The van der Waals surface area contributed by atoms with Gasteiger partial charge in [0, 0.05) is 19.3 Å². The van der Waals surface area contributed by atoms with Crippen LogP contribution >= 0.6 is 11.6 Å². The van der Waals surface area contributed by atoms with Crippen LogP contribution in [0.1, 0.15) is 11.1 Å². The zero-order chi connectivity index (χ0) is 14.7. The molecule has 106 valence electrons. The van der Waals surface area contributed by atoms with Crippen molar-refractivity contribution >= 4 is 22.4 Å². The number of rotatable bonds is 4. The standard InChI is InChI=1S/C18H17ClN2/c1-21(12-14-9-10-20-18(19)11-14)13-16-7-4-6-15-5-2-3-8-17(15)16/h2-11H,12-13H2,1H3. The average Bonchev–Trinajstić information content (AvgIpc) is 2.47. The van der Waals surface area contributed by atoms with Crippen LogP contribution in [0.15, 0.2) is 60.8 Å². The molecule has 0 saturated heterocycles. The van der Waals surface area contributed by atoms with E-state index in [1.54, 1.807) is 6.20 Å². The molecule has 21 heavy (non-hydrogen) atoms. The third-order valence-corrected chi connectivity index (χ3v) is 3.77. The number of nitrogens with zero attached hydrogens (tertiary/aromatic N) is 2. The Morgan fingerprint density at radius 2 is 1.81 bits per heavy atom. The van der Waals surface area contributed by atoms with E-state index < -0.39 is 0 Å². The lowest BCUT2D eigenvalue weighted by Gasteiger charge is -2.18. The number of aromatic nitrogens is 1. The van der Waals surface area contributed by atoms with Crippen molar-refractivity contribution in [2.45, 2.75) is 13.1 Å². The molecule has 2 nitrogen and oxygen atoms in total. The Morgan fingerprint density at radius 3 is 2.67 bits per heavy atom. The van der Waals surface area contributed by atoms with Gasteiger partial charge in [0.15, 0.2) is 0 Å². The van der Waals surface area contributed by atoms with E-state index in [1.807, 2.05) is 12.1 Å². The van der Waals surface area contributed by atoms with E-state index in [1.165, 1.54) is 21.9 Å². The highest BCUT2D eigenvalue weighted by Gasteiger charge is 2.05. The number of halogens is 1. The Bertz CT molecular complexity index is 750. The third kappa shape index (κ3) is 3.41. The molecule has 0 unspecified atom stereocenters. The molecule has 0 radical (unpaired) electrons. The van der Waals surface area contributed by atoms with Crippen LogP contribution < -0.4 is 0 Å². The van der Waals surface area contributed by atoms with Crippen molar-refractivity contribution < 1.29 is 0 Å². The topological polar surface area (TPSA) is 16.1 Å². The molecule has 0 aliphatic rings. The van der Waals surface area contributed by atoms with Crippen molar-refractivity contribution in [2.24, 2.45) is 0 Å². The van der Waals surface area contributed by atoms with Crippen molar-refractivity contribution in [1.29, 1.82) is 0 Å². The summed E-state index contributed by atoms with van der Waals surface area (Å²) in [5.74, 6) is 0. The fourth-order valence-corrected chi connectivity index (χ4v) is 2.83. The average molecular weight is 297 g/mol. The highest BCUT2D eigenvalue weighted by molar-refractivity contribution is 6.29. The zero-order valence-corrected chi connectivity index (χ0v) is 12.7. The Balaban J connectivity index is 1.79. The van der Waals surface area contributed by atoms with Crippen LogP contribution in [0, 0.1) is 0 Å². The Morgan fingerprint density at radius 1 is 1.00 bits per heavy atom. The van der Waals surface area contributed by atoms with E-state index in [-0.39, 0.29) is 0 Å². The summed E-state index contributed by atoms with van der Waals surface area (Å²) in [6, 6.07) is 18.9. The molecule has 3 aromatic rings. The minimum Gasteiger partial charge on any atom is -0.298 e. The summed E-state index contributed by atoms with van der Waals surface area (Å²) in [7, 11) is 2.12. The first kappa shape index (κ1) is 14.1. The number of hydrogen-bond donors (Lipinski definition) is 0. The van der Waals surface area contributed by atoms with Gasteiger partial charge in [0.25, 0.3) is 0 Å². The second kappa shape index (κ2) is 6.25. The fourth-order valence-electron chi connectivity index (χ4n) is 2.63. The van der Waals surface area contributed by atoms with Crippen LogP contribution in [-0.2, 0) is 13.1 Å². The molecule has 0 amide bonds. The number of hydrogen-bond acceptors (Lipinski definition) is 2. The van der Waals surface area contributed by atoms with Crippen LogP contribution in [-0.4, -0.2) is 16.9 Å². The molecule has 0 saturated carbocycles. The molecule has 0 N–H and O–H groups in total. The van der Waals surface area contributed by atoms with E-state index >= 15 is 0 Å². The number of benzene rings is 2. The molecule has 0 aliphatic heterocycles. The van der Waals surface area contributed by atoms with E-state index in [9.17, 15) is 0 Å². The first-order valence-corrected chi connectivity index (χ1v) is 7.36. The van der Waals surface area contributed by atoms with Crippen molar-refractivity contribution in [3.8, 4) is 0 Å². The Labute approximate surface area is 130 Å². The lowest BCUT2D eigenvalue weighted by Crippen LogP contribution is -2.17. The van der Waals surface area contributed by atoms with Gasteiger partial charge in [-0.3, -0.25) is 4.90 Å². The summed E-state index contributed by atoms with van der Waals surface area (Å²) in [5, 5.41) is 3.15. The normalized spacial score (nSPS) is 11.2. The molecule has 0 atom stereocenters. The first-order chi connectivity index (χ1) is 10.2. The molecule has 0 bridgehead atoms. The Kier molecular flexibility index (Phi) is 4.18. The summed E-state index contributed by atoms with van der Waals surface area (Å²) < 4.78 is 0. The molecule has 1 heterocycles. The second-order valence-corrected chi connectivity index (χ2v) is 5.68. The van der Waals surface area contributed by atoms with Gasteiger partial charge in [-0.1, -0.05) is 54.1 Å². The molecule has 1 aromatic heterocycles. The van der Waals surface area contributed by atoms with Gasteiger partial charge in [-0.25, -0.2) is 4.98 Å². The van der Waals surface area contributed by atoms with Crippen LogP contribution in [0.4, 0.5) is 0 Å². The molecular weight excluding hydrogens is 280 g/mol. The molecular formula is C18H17ClN2. The van der Waals surface area contributed by atoms with Gasteiger partial charge < -0.3 is 0 Å². The minimum atomic E-state index is 0.547. The zero-order valence-electron chi connectivity index (χ0n) is 12.0. The van der Waals surface area contributed by atoms with Crippen molar-refractivity contribution in [2.75, 3.05) is 7.05 Å². The van der Waals surface area contributed by atoms with E-state index in [4.69, 9.17) is 11.6 Å². The lowest BCUT2D eigenvalue weighted by molar-refractivity contribution is 0.320. The van der Waals surface area contributed by atoms with Gasteiger partial charge in [0.05, 0.1) is 0 Å². The van der Waals surface area contributed by atoms with Gasteiger partial charge >= 0.3 is 0 Å². The maximum atomic E-state index is 5.94. The quantitative estimate of drug-likeness (QED) is 0.658. The molecule has 0 spiro atoms.